The second-order valence-corrected chi connectivity index (χ2v) is 5.52. The van der Waals surface area contributed by atoms with E-state index < -0.39 is 0 Å². The average Bonchev–Trinajstić information content (AvgIpc) is 2.34. The first kappa shape index (κ1) is 14.1. The number of hydrogen-bond acceptors (Lipinski definition) is 3. The molecular formula is C13H18Cl2N2O. The fourth-order valence-corrected chi connectivity index (χ4v) is 2.62. The Kier molecular flexibility index (Phi) is 4.87. The molecule has 0 amide bonds. The molecule has 1 heterocycles. The Morgan fingerprint density at radius 1 is 1.44 bits per heavy atom. The lowest BCUT2D eigenvalue weighted by atomic mass is 10.1. The molecule has 0 spiro atoms. The second-order valence-electron chi connectivity index (χ2n) is 4.70. The third kappa shape index (κ3) is 3.37. The summed E-state index contributed by atoms with van der Waals surface area (Å²) in [4.78, 5) is 2.28. The fraction of sp³-hybridized carbons (Fsp3) is 0.538. The van der Waals surface area contributed by atoms with Gasteiger partial charge in [-0.25, -0.2) is 0 Å². The van der Waals surface area contributed by atoms with E-state index in [1.807, 2.05) is 25.1 Å². The van der Waals surface area contributed by atoms with Crippen molar-refractivity contribution < 1.29 is 4.74 Å². The average molecular weight is 289 g/mol. The lowest BCUT2D eigenvalue weighted by molar-refractivity contribution is -0.0403. The van der Waals surface area contributed by atoms with Crippen LogP contribution in [0.3, 0.4) is 0 Å². The number of morpholine rings is 1. The first-order chi connectivity index (χ1) is 8.58. The van der Waals surface area contributed by atoms with Crippen LogP contribution in [-0.4, -0.2) is 36.7 Å². The van der Waals surface area contributed by atoms with Gasteiger partial charge in [-0.1, -0.05) is 29.3 Å². The highest BCUT2D eigenvalue weighted by atomic mass is 35.5. The van der Waals surface area contributed by atoms with Crippen LogP contribution in [0.2, 0.25) is 10.0 Å². The summed E-state index contributed by atoms with van der Waals surface area (Å²) in [6.45, 7) is 5.11. The van der Waals surface area contributed by atoms with Crippen molar-refractivity contribution >= 4 is 23.2 Å². The van der Waals surface area contributed by atoms with Crippen molar-refractivity contribution in [1.29, 1.82) is 0 Å². The molecule has 1 aliphatic heterocycles. The summed E-state index contributed by atoms with van der Waals surface area (Å²) in [5, 5.41) is 1.43. The van der Waals surface area contributed by atoms with E-state index in [2.05, 4.69) is 4.90 Å². The first-order valence-corrected chi connectivity index (χ1v) is 6.86. The summed E-state index contributed by atoms with van der Waals surface area (Å²) in [5.41, 5.74) is 6.86. The maximum absolute atomic E-state index is 6.18. The van der Waals surface area contributed by atoms with Gasteiger partial charge in [0.2, 0.25) is 0 Å². The third-order valence-corrected chi connectivity index (χ3v) is 3.92. The number of ether oxygens (including phenoxy) is 1. The van der Waals surface area contributed by atoms with Crippen molar-refractivity contribution in [2.24, 2.45) is 5.73 Å². The van der Waals surface area contributed by atoms with Crippen molar-refractivity contribution in [1.82, 2.24) is 4.90 Å². The largest absolute Gasteiger partial charge is 0.374 e. The smallest absolute Gasteiger partial charge is 0.0850 e. The molecule has 0 aromatic heterocycles. The highest BCUT2D eigenvalue weighted by Crippen LogP contribution is 2.26. The van der Waals surface area contributed by atoms with Crippen molar-refractivity contribution in [2.75, 3.05) is 19.7 Å². The van der Waals surface area contributed by atoms with Crippen LogP contribution in [0, 0.1) is 0 Å². The van der Waals surface area contributed by atoms with Crippen molar-refractivity contribution in [2.45, 2.75) is 25.6 Å². The van der Waals surface area contributed by atoms with Crippen LogP contribution < -0.4 is 5.73 Å². The minimum absolute atomic E-state index is 0.0366. The van der Waals surface area contributed by atoms with Gasteiger partial charge in [-0.3, -0.25) is 4.90 Å². The summed E-state index contributed by atoms with van der Waals surface area (Å²) in [7, 11) is 0. The van der Waals surface area contributed by atoms with E-state index in [1.165, 1.54) is 0 Å². The Labute approximate surface area is 118 Å². The molecule has 2 rings (SSSR count). The van der Waals surface area contributed by atoms with E-state index in [0.29, 0.717) is 16.7 Å². The normalized spacial score (nSPS) is 23.0. The predicted molar refractivity (Wildman–Crippen MR) is 75.1 cm³/mol. The monoisotopic (exact) mass is 288 g/mol. The van der Waals surface area contributed by atoms with Crippen LogP contribution in [0.25, 0.3) is 0 Å². The standard InChI is InChI=1S/C13H18Cl2N2O/c1-9(16)13-8-17(5-6-18-13)7-10-11(14)3-2-4-12(10)15/h2-4,9,13H,5-8,16H2,1H3. The summed E-state index contributed by atoms with van der Waals surface area (Å²) in [6.07, 6.45) is 0.0833. The Morgan fingerprint density at radius 3 is 2.72 bits per heavy atom. The molecule has 0 saturated carbocycles. The number of rotatable bonds is 3. The van der Waals surface area contributed by atoms with E-state index >= 15 is 0 Å². The van der Waals surface area contributed by atoms with Gasteiger partial charge in [-0.05, 0) is 19.1 Å². The highest BCUT2D eigenvalue weighted by Gasteiger charge is 2.24. The van der Waals surface area contributed by atoms with Gasteiger partial charge in [0.05, 0.1) is 12.7 Å². The van der Waals surface area contributed by atoms with Crippen LogP contribution in [0.5, 0.6) is 0 Å². The molecule has 0 bridgehead atoms. The molecule has 18 heavy (non-hydrogen) atoms. The molecule has 0 radical (unpaired) electrons. The van der Waals surface area contributed by atoms with Gasteiger partial charge in [0.15, 0.2) is 0 Å². The minimum Gasteiger partial charge on any atom is -0.374 e. The molecule has 5 heteroatoms. The zero-order valence-electron chi connectivity index (χ0n) is 10.4. The summed E-state index contributed by atoms with van der Waals surface area (Å²) in [5.74, 6) is 0. The quantitative estimate of drug-likeness (QED) is 0.929. The summed E-state index contributed by atoms with van der Waals surface area (Å²) < 4.78 is 5.64. The second kappa shape index (κ2) is 6.22. The number of nitrogens with zero attached hydrogens (tertiary/aromatic N) is 1. The van der Waals surface area contributed by atoms with E-state index in [0.717, 1.165) is 25.2 Å². The number of nitrogens with two attached hydrogens (primary N) is 1. The van der Waals surface area contributed by atoms with Gasteiger partial charge in [0, 0.05) is 41.3 Å². The van der Waals surface area contributed by atoms with E-state index in [4.69, 9.17) is 33.7 Å². The Morgan fingerprint density at radius 2 is 2.11 bits per heavy atom. The van der Waals surface area contributed by atoms with Gasteiger partial charge < -0.3 is 10.5 Å². The third-order valence-electron chi connectivity index (χ3n) is 3.21. The molecule has 1 aromatic rings. The molecule has 3 nitrogen and oxygen atoms in total. The van der Waals surface area contributed by atoms with Crippen LogP contribution in [0.4, 0.5) is 0 Å². The van der Waals surface area contributed by atoms with Gasteiger partial charge in [0.25, 0.3) is 0 Å². The van der Waals surface area contributed by atoms with Crippen LogP contribution in [0.15, 0.2) is 18.2 Å². The maximum Gasteiger partial charge on any atom is 0.0850 e. The molecular weight excluding hydrogens is 271 g/mol. The lowest BCUT2D eigenvalue weighted by Crippen LogP contribution is -2.49. The SMILES string of the molecule is CC(N)C1CN(Cc2c(Cl)cccc2Cl)CCO1. The van der Waals surface area contributed by atoms with Crippen molar-refractivity contribution in [3.8, 4) is 0 Å². The summed E-state index contributed by atoms with van der Waals surface area (Å²) in [6, 6.07) is 5.63. The van der Waals surface area contributed by atoms with Crippen LogP contribution >= 0.6 is 23.2 Å². The van der Waals surface area contributed by atoms with Gasteiger partial charge in [-0.2, -0.15) is 0 Å². The van der Waals surface area contributed by atoms with Crippen LogP contribution in [-0.2, 0) is 11.3 Å². The van der Waals surface area contributed by atoms with Crippen molar-refractivity contribution in [3.05, 3.63) is 33.8 Å². The van der Waals surface area contributed by atoms with Gasteiger partial charge >= 0.3 is 0 Å². The van der Waals surface area contributed by atoms with E-state index in [-0.39, 0.29) is 12.1 Å². The fourth-order valence-electron chi connectivity index (χ4n) is 2.10. The topological polar surface area (TPSA) is 38.5 Å². The number of benzene rings is 1. The van der Waals surface area contributed by atoms with Crippen LogP contribution in [0.1, 0.15) is 12.5 Å². The zero-order chi connectivity index (χ0) is 13.1. The highest BCUT2D eigenvalue weighted by molar-refractivity contribution is 6.35. The Balaban J connectivity index is 2.05. The lowest BCUT2D eigenvalue weighted by Gasteiger charge is -2.35. The minimum atomic E-state index is 0.0366. The summed E-state index contributed by atoms with van der Waals surface area (Å²) >= 11 is 12.4. The molecule has 2 N–H and O–H groups in total. The zero-order valence-corrected chi connectivity index (χ0v) is 11.9. The Hall–Kier alpha value is -0.320. The molecule has 2 atom stereocenters. The van der Waals surface area contributed by atoms with E-state index in [1.54, 1.807) is 0 Å². The molecule has 1 aliphatic rings. The van der Waals surface area contributed by atoms with Gasteiger partial charge in [-0.15, -0.1) is 0 Å². The molecule has 1 fully saturated rings. The number of hydrogen-bond donors (Lipinski definition) is 1. The molecule has 100 valence electrons. The van der Waals surface area contributed by atoms with E-state index in [9.17, 15) is 0 Å². The molecule has 1 saturated heterocycles. The van der Waals surface area contributed by atoms with Gasteiger partial charge in [0.1, 0.15) is 0 Å². The molecule has 2 unspecified atom stereocenters. The number of halogens is 2. The van der Waals surface area contributed by atoms with Crippen molar-refractivity contribution in [3.63, 3.8) is 0 Å². The molecule has 0 aliphatic carbocycles. The first-order valence-electron chi connectivity index (χ1n) is 6.10. The molecule has 1 aromatic carbocycles. The predicted octanol–water partition coefficient (Wildman–Crippen LogP) is 2.54. The Bertz CT molecular complexity index is 392. The maximum atomic E-state index is 6.18.